The van der Waals surface area contributed by atoms with Crippen molar-refractivity contribution in [3.05, 3.63) is 23.3 Å². The average Bonchev–Trinajstić information content (AvgIpc) is 3.29. The normalized spacial score (nSPS) is 29.9. The van der Waals surface area contributed by atoms with Crippen LogP contribution in [0.25, 0.3) is 0 Å². The standard InChI is InChI=1S/C25H38O6S/c1-17-2-12-23(26)22(25(17)32(27,28)29)16-19-5-10-21(11-6-19)20-8-3-18(4-9-20)7-13-24-30-14-15-31-24/h2,12,18-21,24,26H,3-11,13-16H2,1H3,(H,27,28,29). The van der Waals surface area contributed by atoms with E-state index in [1.54, 1.807) is 13.0 Å². The lowest BCUT2D eigenvalue weighted by atomic mass is 9.68. The number of phenols is 1. The smallest absolute Gasteiger partial charge is 0.295 e. The first-order valence-electron chi connectivity index (χ1n) is 12.3. The van der Waals surface area contributed by atoms with Crippen molar-refractivity contribution in [3.63, 3.8) is 0 Å². The van der Waals surface area contributed by atoms with Gasteiger partial charge >= 0.3 is 0 Å². The molecule has 0 amide bonds. The zero-order chi connectivity index (χ0) is 22.7. The van der Waals surface area contributed by atoms with E-state index in [4.69, 9.17) is 9.47 Å². The van der Waals surface area contributed by atoms with E-state index >= 15 is 0 Å². The van der Waals surface area contributed by atoms with E-state index in [0.717, 1.165) is 50.2 Å². The van der Waals surface area contributed by atoms with Gasteiger partial charge in [0.25, 0.3) is 10.1 Å². The lowest BCUT2D eigenvalue weighted by molar-refractivity contribution is -0.0514. The molecule has 180 valence electrons. The third-order valence-electron chi connectivity index (χ3n) is 8.13. The van der Waals surface area contributed by atoms with Gasteiger partial charge in [0, 0.05) is 5.56 Å². The highest BCUT2D eigenvalue weighted by atomic mass is 32.2. The first-order valence-corrected chi connectivity index (χ1v) is 13.8. The number of aryl methyl sites for hydroxylation is 1. The highest BCUT2D eigenvalue weighted by Crippen LogP contribution is 2.44. The summed E-state index contributed by atoms with van der Waals surface area (Å²) in [7, 11) is -4.36. The molecule has 0 unspecified atom stereocenters. The molecule has 0 spiro atoms. The molecule has 1 heterocycles. The fourth-order valence-corrected chi connectivity index (χ4v) is 7.31. The molecule has 6 nitrogen and oxygen atoms in total. The summed E-state index contributed by atoms with van der Waals surface area (Å²) in [5, 5.41) is 10.3. The second-order valence-corrected chi connectivity index (χ2v) is 11.6. The molecule has 1 aromatic rings. The van der Waals surface area contributed by atoms with Gasteiger partial charge in [-0.05, 0) is 100 Å². The Hall–Kier alpha value is -1.15. The van der Waals surface area contributed by atoms with Crippen LogP contribution in [0.1, 0.15) is 75.3 Å². The van der Waals surface area contributed by atoms with Crippen molar-refractivity contribution in [1.82, 2.24) is 0 Å². The van der Waals surface area contributed by atoms with Crippen LogP contribution in [-0.4, -0.2) is 37.6 Å². The van der Waals surface area contributed by atoms with Gasteiger partial charge in [0.2, 0.25) is 0 Å². The molecule has 7 heteroatoms. The molecule has 3 aliphatic rings. The number of aromatic hydroxyl groups is 1. The molecule has 1 aliphatic heterocycles. The second-order valence-electron chi connectivity index (χ2n) is 10.2. The van der Waals surface area contributed by atoms with Gasteiger partial charge in [0.05, 0.1) is 13.2 Å². The molecule has 1 aromatic carbocycles. The van der Waals surface area contributed by atoms with Gasteiger partial charge in [-0.2, -0.15) is 8.42 Å². The average molecular weight is 467 g/mol. The molecular formula is C25H38O6S. The zero-order valence-electron chi connectivity index (χ0n) is 19.2. The third-order valence-corrected chi connectivity index (χ3v) is 9.22. The minimum absolute atomic E-state index is 0.0252. The van der Waals surface area contributed by atoms with Crippen LogP contribution in [0, 0.1) is 30.6 Å². The molecule has 32 heavy (non-hydrogen) atoms. The zero-order valence-corrected chi connectivity index (χ0v) is 20.0. The van der Waals surface area contributed by atoms with Crippen molar-refractivity contribution >= 4 is 10.1 Å². The Morgan fingerprint density at radius 2 is 1.44 bits per heavy atom. The summed E-state index contributed by atoms with van der Waals surface area (Å²) in [5.41, 5.74) is 0.864. The largest absolute Gasteiger partial charge is 0.508 e. The van der Waals surface area contributed by atoms with E-state index in [0.29, 0.717) is 23.5 Å². The summed E-state index contributed by atoms with van der Waals surface area (Å²) >= 11 is 0. The fraction of sp³-hybridized carbons (Fsp3) is 0.760. The Kier molecular flexibility index (Phi) is 7.81. The van der Waals surface area contributed by atoms with Crippen LogP contribution in [-0.2, 0) is 26.0 Å². The molecule has 1 saturated heterocycles. The van der Waals surface area contributed by atoms with Crippen LogP contribution in [0.4, 0.5) is 0 Å². The van der Waals surface area contributed by atoms with Crippen molar-refractivity contribution in [2.24, 2.45) is 23.7 Å². The topological polar surface area (TPSA) is 93.1 Å². The van der Waals surface area contributed by atoms with E-state index < -0.39 is 10.1 Å². The molecular weight excluding hydrogens is 428 g/mol. The van der Waals surface area contributed by atoms with E-state index in [1.807, 2.05) is 0 Å². The highest BCUT2D eigenvalue weighted by molar-refractivity contribution is 7.86. The van der Waals surface area contributed by atoms with E-state index in [2.05, 4.69) is 0 Å². The highest BCUT2D eigenvalue weighted by Gasteiger charge is 2.32. The minimum Gasteiger partial charge on any atom is -0.508 e. The number of ether oxygens (including phenoxy) is 2. The Balaban J connectivity index is 1.25. The van der Waals surface area contributed by atoms with E-state index in [-0.39, 0.29) is 16.9 Å². The van der Waals surface area contributed by atoms with Gasteiger partial charge in [-0.1, -0.05) is 18.9 Å². The number of benzene rings is 1. The first kappa shape index (κ1) is 24.0. The summed E-state index contributed by atoms with van der Waals surface area (Å²) in [6, 6.07) is 3.08. The van der Waals surface area contributed by atoms with Gasteiger partial charge in [-0.15, -0.1) is 0 Å². The van der Waals surface area contributed by atoms with Crippen molar-refractivity contribution in [3.8, 4) is 5.75 Å². The molecule has 2 N–H and O–H groups in total. The monoisotopic (exact) mass is 466 g/mol. The molecule has 0 aromatic heterocycles. The third kappa shape index (κ3) is 5.85. The number of hydrogen-bond acceptors (Lipinski definition) is 5. The summed E-state index contributed by atoms with van der Waals surface area (Å²) in [6.07, 6.45) is 12.5. The molecule has 2 aliphatic carbocycles. The maximum atomic E-state index is 11.9. The number of hydrogen-bond donors (Lipinski definition) is 2. The van der Waals surface area contributed by atoms with Gasteiger partial charge in [0.15, 0.2) is 6.29 Å². The molecule has 0 bridgehead atoms. The molecule has 4 rings (SSSR count). The Morgan fingerprint density at radius 1 is 0.875 bits per heavy atom. The Labute approximate surface area is 192 Å². The lowest BCUT2D eigenvalue weighted by Gasteiger charge is -2.38. The Morgan fingerprint density at radius 3 is 2.00 bits per heavy atom. The molecule has 2 saturated carbocycles. The number of rotatable bonds is 7. The van der Waals surface area contributed by atoms with E-state index in [1.165, 1.54) is 51.0 Å². The first-order chi connectivity index (χ1) is 15.3. The summed E-state index contributed by atoms with van der Waals surface area (Å²) in [6.45, 7) is 3.13. The summed E-state index contributed by atoms with van der Waals surface area (Å²) < 4.78 is 44.6. The minimum atomic E-state index is -4.36. The summed E-state index contributed by atoms with van der Waals surface area (Å²) in [4.78, 5) is -0.105. The van der Waals surface area contributed by atoms with Gasteiger partial charge in [-0.25, -0.2) is 0 Å². The van der Waals surface area contributed by atoms with Crippen LogP contribution >= 0.6 is 0 Å². The quantitative estimate of drug-likeness (QED) is 0.533. The molecule has 3 fully saturated rings. The van der Waals surface area contributed by atoms with Crippen molar-refractivity contribution in [1.29, 1.82) is 0 Å². The van der Waals surface area contributed by atoms with Crippen LogP contribution in [0.2, 0.25) is 0 Å². The van der Waals surface area contributed by atoms with Crippen LogP contribution in [0.5, 0.6) is 5.75 Å². The maximum Gasteiger partial charge on any atom is 0.295 e. The fourth-order valence-electron chi connectivity index (χ4n) is 6.34. The van der Waals surface area contributed by atoms with Gasteiger partial charge < -0.3 is 14.6 Å². The lowest BCUT2D eigenvalue weighted by Crippen LogP contribution is -2.27. The second kappa shape index (κ2) is 10.4. The summed E-state index contributed by atoms with van der Waals surface area (Å²) in [5.74, 6) is 2.70. The van der Waals surface area contributed by atoms with Crippen LogP contribution in [0.3, 0.4) is 0 Å². The van der Waals surface area contributed by atoms with Crippen molar-refractivity contribution in [2.45, 2.75) is 88.7 Å². The maximum absolute atomic E-state index is 11.9. The van der Waals surface area contributed by atoms with Crippen LogP contribution < -0.4 is 0 Å². The molecule has 0 radical (unpaired) electrons. The predicted octanol–water partition coefficient (Wildman–Crippen LogP) is 5.26. The van der Waals surface area contributed by atoms with Gasteiger partial charge in [-0.3, -0.25) is 4.55 Å². The van der Waals surface area contributed by atoms with Crippen LogP contribution in [0.15, 0.2) is 17.0 Å². The predicted molar refractivity (Wildman–Crippen MR) is 122 cm³/mol. The van der Waals surface area contributed by atoms with Crippen molar-refractivity contribution < 1.29 is 27.6 Å². The number of phenolic OH excluding ortho intramolecular Hbond substituents is 1. The Bertz CT molecular complexity index is 861. The van der Waals surface area contributed by atoms with E-state index in [9.17, 15) is 18.1 Å². The van der Waals surface area contributed by atoms with Gasteiger partial charge in [0.1, 0.15) is 10.6 Å². The molecule has 0 atom stereocenters. The van der Waals surface area contributed by atoms with Crippen molar-refractivity contribution in [2.75, 3.05) is 13.2 Å². The SMILES string of the molecule is Cc1ccc(O)c(CC2CCC(C3CCC(CCC4OCCO4)CC3)CC2)c1S(=O)(=O)O.